The van der Waals surface area contributed by atoms with Crippen LogP contribution in [-0.4, -0.2) is 0 Å². The predicted octanol–water partition coefficient (Wildman–Crippen LogP) is 5.50. The van der Waals surface area contributed by atoms with Gasteiger partial charge in [0.1, 0.15) is 0 Å². The molecule has 0 amide bonds. The Hall–Kier alpha value is -1.54. The van der Waals surface area contributed by atoms with E-state index in [0.29, 0.717) is 10.0 Å². The minimum Gasteiger partial charge on any atom is -0.320 e. The van der Waals surface area contributed by atoms with Crippen molar-refractivity contribution in [2.75, 3.05) is 0 Å². The van der Waals surface area contributed by atoms with E-state index >= 15 is 0 Å². The molecule has 2 N–H and O–H groups in total. The van der Waals surface area contributed by atoms with Gasteiger partial charge >= 0.3 is 0 Å². The van der Waals surface area contributed by atoms with Crippen molar-refractivity contribution < 1.29 is 0 Å². The second kappa shape index (κ2) is 5.69. The van der Waals surface area contributed by atoms with Gasteiger partial charge in [0.05, 0.1) is 6.04 Å². The van der Waals surface area contributed by atoms with Crippen LogP contribution in [0.3, 0.4) is 0 Å². The van der Waals surface area contributed by atoms with Crippen molar-refractivity contribution in [1.29, 1.82) is 0 Å². The number of benzene rings is 3. The highest BCUT2D eigenvalue weighted by atomic mass is 35.5. The number of rotatable bonds is 2. The molecule has 0 radical (unpaired) electrons. The molecule has 1 unspecified atom stereocenters. The lowest BCUT2D eigenvalue weighted by molar-refractivity contribution is 0.872. The summed E-state index contributed by atoms with van der Waals surface area (Å²) >= 11 is 12.4. The van der Waals surface area contributed by atoms with Crippen LogP contribution in [0, 0.1) is 6.92 Å². The monoisotopic (exact) mass is 315 g/mol. The maximum absolute atomic E-state index is 6.51. The number of fused-ring (bicyclic) bond motifs is 1. The van der Waals surface area contributed by atoms with E-state index < -0.39 is 0 Å². The Morgan fingerprint density at radius 2 is 1.71 bits per heavy atom. The molecular weight excluding hydrogens is 301 g/mol. The van der Waals surface area contributed by atoms with E-state index in [1.165, 1.54) is 5.39 Å². The molecule has 0 aliphatic heterocycles. The van der Waals surface area contributed by atoms with E-state index in [4.69, 9.17) is 28.9 Å². The van der Waals surface area contributed by atoms with Gasteiger partial charge in [0.25, 0.3) is 0 Å². The van der Waals surface area contributed by atoms with Crippen molar-refractivity contribution in [2.45, 2.75) is 13.0 Å². The van der Waals surface area contributed by atoms with E-state index in [1.54, 1.807) is 12.1 Å². The normalized spacial score (nSPS) is 12.6. The van der Waals surface area contributed by atoms with Crippen LogP contribution >= 0.6 is 23.2 Å². The molecule has 3 aromatic rings. The third-order valence-electron chi connectivity index (χ3n) is 3.79. The van der Waals surface area contributed by atoms with Gasteiger partial charge < -0.3 is 5.73 Å². The molecule has 0 saturated heterocycles. The Bertz CT molecular complexity index is 811. The van der Waals surface area contributed by atoms with Crippen LogP contribution in [0.25, 0.3) is 10.8 Å². The zero-order valence-electron chi connectivity index (χ0n) is 11.6. The van der Waals surface area contributed by atoms with Crippen molar-refractivity contribution in [2.24, 2.45) is 5.73 Å². The van der Waals surface area contributed by atoms with Crippen molar-refractivity contribution in [3.63, 3.8) is 0 Å². The molecule has 0 saturated carbocycles. The molecule has 0 aliphatic carbocycles. The summed E-state index contributed by atoms with van der Waals surface area (Å²) in [5, 5.41) is 3.61. The van der Waals surface area contributed by atoms with Crippen molar-refractivity contribution >= 4 is 34.0 Å². The van der Waals surface area contributed by atoms with Gasteiger partial charge in [-0.1, -0.05) is 59.6 Å². The van der Waals surface area contributed by atoms with Crippen LogP contribution in [0.5, 0.6) is 0 Å². The Morgan fingerprint density at radius 1 is 0.952 bits per heavy atom. The quantitative estimate of drug-likeness (QED) is 0.663. The van der Waals surface area contributed by atoms with E-state index in [2.05, 4.69) is 31.2 Å². The molecule has 3 aromatic carbocycles. The number of halogens is 2. The molecule has 106 valence electrons. The average Bonchev–Trinajstić information content (AvgIpc) is 2.49. The lowest BCUT2D eigenvalue weighted by atomic mass is 9.91. The predicted molar refractivity (Wildman–Crippen MR) is 91.2 cm³/mol. The first-order valence-electron chi connectivity index (χ1n) is 6.76. The van der Waals surface area contributed by atoms with Gasteiger partial charge in [0.2, 0.25) is 0 Å². The van der Waals surface area contributed by atoms with Gasteiger partial charge in [-0.2, -0.15) is 0 Å². The maximum atomic E-state index is 6.51. The summed E-state index contributed by atoms with van der Waals surface area (Å²) in [6, 6.07) is 17.5. The number of hydrogen-bond donors (Lipinski definition) is 1. The fraction of sp³-hybridized carbons (Fsp3) is 0.111. The molecule has 0 heterocycles. The van der Waals surface area contributed by atoms with Crippen molar-refractivity contribution in [3.8, 4) is 0 Å². The highest BCUT2D eigenvalue weighted by Gasteiger charge is 2.17. The molecule has 1 atom stereocenters. The first kappa shape index (κ1) is 14.4. The van der Waals surface area contributed by atoms with Gasteiger partial charge in [-0.3, -0.25) is 0 Å². The van der Waals surface area contributed by atoms with Crippen molar-refractivity contribution in [1.82, 2.24) is 0 Å². The van der Waals surface area contributed by atoms with Gasteiger partial charge in [-0.25, -0.2) is 0 Å². The summed E-state index contributed by atoms with van der Waals surface area (Å²) in [7, 11) is 0. The van der Waals surface area contributed by atoms with E-state index in [1.807, 2.05) is 18.2 Å². The average molecular weight is 316 g/mol. The maximum Gasteiger partial charge on any atom is 0.0575 e. The summed E-state index contributed by atoms with van der Waals surface area (Å²) in [6.45, 7) is 2.07. The summed E-state index contributed by atoms with van der Waals surface area (Å²) in [6.07, 6.45) is 0. The first-order chi connectivity index (χ1) is 10.1. The van der Waals surface area contributed by atoms with E-state index in [9.17, 15) is 0 Å². The fourth-order valence-electron chi connectivity index (χ4n) is 2.73. The lowest BCUT2D eigenvalue weighted by Gasteiger charge is -2.19. The minimum absolute atomic E-state index is 0.303. The Kier molecular flexibility index (Phi) is 3.90. The van der Waals surface area contributed by atoms with Gasteiger partial charge in [-0.15, -0.1) is 0 Å². The van der Waals surface area contributed by atoms with Crippen LogP contribution in [0.2, 0.25) is 10.0 Å². The molecule has 0 fully saturated rings. The standard InChI is InChI=1S/C18H15Cl2N/c1-11-6-7-12-4-2-3-5-14(12)17(11)18(21)15-10-13(19)8-9-16(15)20/h2-10,18H,21H2,1H3. The second-order valence-corrected chi connectivity index (χ2v) is 6.00. The topological polar surface area (TPSA) is 26.0 Å². The van der Waals surface area contributed by atoms with E-state index in [-0.39, 0.29) is 6.04 Å². The summed E-state index contributed by atoms with van der Waals surface area (Å²) in [4.78, 5) is 0. The largest absolute Gasteiger partial charge is 0.320 e. The Morgan fingerprint density at radius 3 is 2.52 bits per heavy atom. The molecular formula is C18H15Cl2N. The van der Waals surface area contributed by atoms with Crippen LogP contribution < -0.4 is 5.73 Å². The van der Waals surface area contributed by atoms with Crippen LogP contribution in [0.1, 0.15) is 22.7 Å². The Labute approximate surface area is 134 Å². The molecule has 21 heavy (non-hydrogen) atoms. The van der Waals surface area contributed by atoms with Crippen LogP contribution in [0.4, 0.5) is 0 Å². The smallest absolute Gasteiger partial charge is 0.0575 e. The summed E-state index contributed by atoms with van der Waals surface area (Å²) in [5.41, 5.74) is 9.61. The molecule has 0 bridgehead atoms. The van der Waals surface area contributed by atoms with Gasteiger partial charge in [0.15, 0.2) is 0 Å². The van der Waals surface area contributed by atoms with E-state index in [0.717, 1.165) is 22.1 Å². The fourth-order valence-corrected chi connectivity index (χ4v) is 3.14. The first-order valence-corrected chi connectivity index (χ1v) is 7.52. The summed E-state index contributed by atoms with van der Waals surface area (Å²) < 4.78 is 0. The SMILES string of the molecule is Cc1ccc2ccccc2c1C(N)c1cc(Cl)ccc1Cl. The molecule has 0 aromatic heterocycles. The Balaban J connectivity index is 2.24. The molecule has 1 nitrogen and oxygen atoms in total. The number of hydrogen-bond acceptors (Lipinski definition) is 1. The number of nitrogens with two attached hydrogens (primary N) is 1. The van der Waals surface area contributed by atoms with Gasteiger partial charge in [0, 0.05) is 10.0 Å². The molecule has 0 spiro atoms. The highest BCUT2D eigenvalue weighted by molar-refractivity contribution is 6.33. The number of aryl methyl sites for hydroxylation is 1. The van der Waals surface area contributed by atoms with Gasteiger partial charge in [-0.05, 0) is 52.6 Å². The van der Waals surface area contributed by atoms with Crippen molar-refractivity contribution in [3.05, 3.63) is 81.3 Å². The highest BCUT2D eigenvalue weighted by Crippen LogP contribution is 2.34. The lowest BCUT2D eigenvalue weighted by Crippen LogP contribution is -2.14. The third kappa shape index (κ3) is 2.65. The van der Waals surface area contributed by atoms with Crippen LogP contribution in [0.15, 0.2) is 54.6 Å². The zero-order valence-corrected chi connectivity index (χ0v) is 13.1. The molecule has 3 rings (SSSR count). The third-order valence-corrected chi connectivity index (χ3v) is 4.37. The molecule has 0 aliphatic rings. The second-order valence-electron chi connectivity index (χ2n) is 5.16. The minimum atomic E-state index is -0.303. The zero-order chi connectivity index (χ0) is 15.0. The van der Waals surface area contributed by atoms with Crippen LogP contribution in [-0.2, 0) is 0 Å². The summed E-state index contributed by atoms with van der Waals surface area (Å²) in [5.74, 6) is 0. The molecule has 3 heteroatoms.